The van der Waals surface area contributed by atoms with Crippen molar-refractivity contribution in [2.24, 2.45) is 0 Å². The molecule has 0 aliphatic carbocycles. The molecule has 0 spiro atoms. The summed E-state index contributed by atoms with van der Waals surface area (Å²) in [6, 6.07) is 15.3. The second-order valence-electron chi connectivity index (χ2n) is 7.92. The number of esters is 1. The van der Waals surface area contributed by atoms with Crippen LogP contribution in [-0.2, 0) is 4.74 Å². The van der Waals surface area contributed by atoms with Crippen LogP contribution in [0.5, 0.6) is 0 Å². The number of unbranched alkanes of at least 4 members (excludes halogenated alkanes) is 2. The van der Waals surface area contributed by atoms with Gasteiger partial charge in [-0.25, -0.2) is 13.6 Å². The minimum atomic E-state index is -1.00. The molecule has 0 aromatic heterocycles. The summed E-state index contributed by atoms with van der Waals surface area (Å²) < 4.78 is 32.0. The lowest BCUT2D eigenvalue weighted by molar-refractivity contribution is 0.0601. The number of anilines is 3. The molecule has 3 aromatic carbocycles. The van der Waals surface area contributed by atoms with Crippen molar-refractivity contribution in [3.8, 4) is 0 Å². The van der Waals surface area contributed by atoms with Crippen LogP contribution in [0.4, 0.5) is 25.8 Å². The van der Waals surface area contributed by atoms with Crippen LogP contribution in [0.1, 0.15) is 52.5 Å². The molecule has 0 bridgehead atoms. The van der Waals surface area contributed by atoms with Gasteiger partial charge in [0.1, 0.15) is 0 Å². The molecule has 0 atom stereocenters. The Kier molecular flexibility index (Phi) is 8.35. The monoisotopic (exact) mass is 466 g/mol. The second-order valence-corrected chi connectivity index (χ2v) is 7.92. The summed E-state index contributed by atoms with van der Waals surface area (Å²) >= 11 is 0. The first-order valence-electron chi connectivity index (χ1n) is 11.2. The van der Waals surface area contributed by atoms with Crippen LogP contribution in [0.2, 0.25) is 0 Å². The van der Waals surface area contributed by atoms with E-state index >= 15 is 0 Å². The maximum absolute atomic E-state index is 13.7. The molecule has 3 rings (SSSR count). The first kappa shape index (κ1) is 24.9. The molecule has 0 fully saturated rings. The fourth-order valence-electron chi connectivity index (χ4n) is 3.59. The van der Waals surface area contributed by atoms with Crippen LogP contribution < -0.4 is 10.2 Å². The number of halogens is 2. The van der Waals surface area contributed by atoms with Gasteiger partial charge in [0.25, 0.3) is 0 Å². The van der Waals surface area contributed by atoms with Gasteiger partial charge in [0.05, 0.1) is 18.4 Å². The average molecular weight is 467 g/mol. The van der Waals surface area contributed by atoms with E-state index in [1.54, 1.807) is 31.3 Å². The summed E-state index contributed by atoms with van der Waals surface area (Å²) in [4.78, 5) is 27.1. The van der Waals surface area contributed by atoms with Gasteiger partial charge in [0.2, 0.25) is 0 Å². The number of ether oxygens (including phenoxy) is 1. The van der Waals surface area contributed by atoms with Gasteiger partial charge in [-0.3, -0.25) is 4.79 Å². The molecule has 0 aliphatic heterocycles. The molecule has 3 aromatic rings. The summed E-state index contributed by atoms with van der Waals surface area (Å²) in [5, 5.41) is 3.33. The van der Waals surface area contributed by atoms with E-state index in [1.807, 2.05) is 12.1 Å². The normalized spacial score (nSPS) is 10.6. The highest BCUT2D eigenvalue weighted by atomic mass is 19.2. The lowest BCUT2D eigenvalue weighted by Crippen LogP contribution is -2.16. The topological polar surface area (TPSA) is 58.6 Å². The quantitative estimate of drug-likeness (QED) is 0.214. The summed E-state index contributed by atoms with van der Waals surface area (Å²) in [5.41, 5.74) is 2.59. The third kappa shape index (κ3) is 5.78. The minimum absolute atomic E-state index is 0.134. The van der Waals surface area contributed by atoms with Gasteiger partial charge < -0.3 is 15.0 Å². The van der Waals surface area contributed by atoms with Crippen LogP contribution in [0.15, 0.2) is 60.7 Å². The second kappa shape index (κ2) is 11.4. The molecule has 0 radical (unpaired) electrons. The molecule has 7 heteroatoms. The Balaban J connectivity index is 1.86. The van der Waals surface area contributed by atoms with Gasteiger partial charge >= 0.3 is 5.97 Å². The van der Waals surface area contributed by atoms with Crippen molar-refractivity contribution in [2.45, 2.75) is 26.2 Å². The van der Waals surface area contributed by atoms with Crippen molar-refractivity contribution in [1.82, 2.24) is 0 Å². The van der Waals surface area contributed by atoms with Gasteiger partial charge in [-0.15, -0.1) is 0 Å². The van der Waals surface area contributed by atoms with E-state index in [0.717, 1.165) is 43.6 Å². The van der Waals surface area contributed by atoms with Crippen molar-refractivity contribution in [2.75, 3.05) is 30.9 Å². The highest BCUT2D eigenvalue weighted by molar-refractivity contribution is 6.11. The van der Waals surface area contributed by atoms with Gasteiger partial charge in [-0.05, 0) is 61.0 Å². The number of nitrogens with one attached hydrogen (secondary N) is 1. The van der Waals surface area contributed by atoms with E-state index in [0.29, 0.717) is 22.5 Å². The third-order valence-corrected chi connectivity index (χ3v) is 5.57. The molecule has 0 unspecified atom stereocenters. The zero-order valence-corrected chi connectivity index (χ0v) is 19.5. The zero-order chi connectivity index (χ0) is 24.7. The van der Waals surface area contributed by atoms with Crippen molar-refractivity contribution < 1.29 is 23.1 Å². The SMILES string of the molecule is CCCCCNc1ccc(C(=O)c2ccc(N(C)c3ccc(F)c(F)c3)c(C(=O)OC)c2)cc1. The highest BCUT2D eigenvalue weighted by Gasteiger charge is 2.20. The molecule has 0 amide bonds. The maximum atomic E-state index is 13.7. The predicted octanol–water partition coefficient (Wildman–Crippen LogP) is 6.35. The standard InChI is InChI=1S/C27H28F2N2O3/c1-4-5-6-15-30-20-10-7-18(8-11-20)26(32)19-9-14-25(22(16-19)27(33)34-3)31(2)21-12-13-23(28)24(29)17-21/h7-14,16-17,30H,4-6,15H2,1-3H3. The number of carbonyl (C=O) groups excluding carboxylic acids is 2. The number of benzene rings is 3. The van der Waals surface area contributed by atoms with Crippen LogP contribution >= 0.6 is 0 Å². The lowest BCUT2D eigenvalue weighted by atomic mass is 9.99. The van der Waals surface area contributed by atoms with E-state index in [-0.39, 0.29) is 11.3 Å². The number of hydrogen-bond donors (Lipinski definition) is 1. The zero-order valence-electron chi connectivity index (χ0n) is 19.5. The maximum Gasteiger partial charge on any atom is 0.340 e. The molecule has 0 saturated heterocycles. The molecule has 5 nitrogen and oxygen atoms in total. The molecule has 0 saturated carbocycles. The number of methoxy groups -OCH3 is 1. The van der Waals surface area contributed by atoms with Crippen LogP contribution in [0.25, 0.3) is 0 Å². The molecule has 0 aliphatic rings. The first-order chi connectivity index (χ1) is 16.3. The van der Waals surface area contributed by atoms with Crippen molar-refractivity contribution in [3.05, 3.63) is 89.0 Å². The third-order valence-electron chi connectivity index (χ3n) is 5.57. The number of carbonyl (C=O) groups is 2. The number of hydrogen-bond acceptors (Lipinski definition) is 5. The van der Waals surface area contributed by atoms with E-state index in [4.69, 9.17) is 4.74 Å². The number of ketones is 1. The molecule has 34 heavy (non-hydrogen) atoms. The fourth-order valence-corrected chi connectivity index (χ4v) is 3.59. The Labute approximate surface area is 198 Å². The Bertz CT molecular complexity index is 1160. The highest BCUT2D eigenvalue weighted by Crippen LogP contribution is 2.30. The first-order valence-corrected chi connectivity index (χ1v) is 11.2. The van der Waals surface area contributed by atoms with Crippen LogP contribution in [0, 0.1) is 11.6 Å². The van der Waals surface area contributed by atoms with Gasteiger partial charge in [0.15, 0.2) is 17.4 Å². The van der Waals surface area contributed by atoms with E-state index in [1.165, 1.54) is 24.1 Å². The molecule has 1 N–H and O–H groups in total. The van der Waals surface area contributed by atoms with Crippen LogP contribution in [0.3, 0.4) is 0 Å². The van der Waals surface area contributed by atoms with E-state index < -0.39 is 17.6 Å². The Morgan fingerprint density at radius 3 is 2.26 bits per heavy atom. The van der Waals surface area contributed by atoms with E-state index in [9.17, 15) is 18.4 Å². The Morgan fingerprint density at radius 1 is 0.912 bits per heavy atom. The van der Waals surface area contributed by atoms with E-state index in [2.05, 4.69) is 12.2 Å². The number of nitrogens with zero attached hydrogens (tertiary/aromatic N) is 1. The molecular weight excluding hydrogens is 438 g/mol. The Hall–Kier alpha value is -3.74. The van der Waals surface area contributed by atoms with Gasteiger partial charge in [-0.2, -0.15) is 0 Å². The van der Waals surface area contributed by atoms with Crippen LogP contribution in [-0.4, -0.2) is 32.5 Å². The van der Waals surface area contributed by atoms with Crippen molar-refractivity contribution in [1.29, 1.82) is 0 Å². The molecule has 0 heterocycles. The number of rotatable bonds is 10. The summed E-state index contributed by atoms with van der Waals surface area (Å²) in [7, 11) is 2.85. The Morgan fingerprint density at radius 2 is 1.62 bits per heavy atom. The lowest BCUT2D eigenvalue weighted by Gasteiger charge is -2.22. The van der Waals surface area contributed by atoms with Crippen molar-refractivity contribution >= 4 is 28.8 Å². The molecule has 178 valence electrons. The minimum Gasteiger partial charge on any atom is -0.465 e. The average Bonchev–Trinajstić information content (AvgIpc) is 2.87. The summed E-state index contributed by atoms with van der Waals surface area (Å²) in [5.74, 6) is -2.86. The van der Waals surface area contributed by atoms with Gasteiger partial charge in [-0.1, -0.05) is 19.8 Å². The fraction of sp³-hybridized carbons (Fsp3) is 0.259. The summed E-state index contributed by atoms with van der Waals surface area (Å²) in [6.07, 6.45) is 3.39. The van der Waals surface area contributed by atoms with Gasteiger partial charge in [0, 0.05) is 42.2 Å². The smallest absolute Gasteiger partial charge is 0.340 e. The summed E-state index contributed by atoms with van der Waals surface area (Å²) in [6.45, 7) is 3.02. The molecular formula is C27H28F2N2O3. The van der Waals surface area contributed by atoms with Crippen molar-refractivity contribution in [3.63, 3.8) is 0 Å². The predicted molar refractivity (Wildman–Crippen MR) is 130 cm³/mol. The largest absolute Gasteiger partial charge is 0.465 e.